The topological polar surface area (TPSA) is 84.9 Å². The molecule has 0 fully saturated rings. The minimum atomic E-state index is -0.963. The van der Waals surface area contributed by atoms with Gasteiger partial charge in [-0.25, -0.2) is 0 Å². The number of carboxylic acids is 1. The Balaban J connectivity index is 2.03. The minimum Gasteiger partial charge on any atom is -0.496 e. The molecule has 2 aromatic rings. The molecule has 2 rings (SSSR count). The van der Waals surface area contributed by atoms with Gasteiger partial charge in [-0.3, -0.25) is 9.59 Å². The van der Waals surface area contributed by atoms with Crippen molar-refractivity contribution in [1.29, 1.82) is 0 Å². The van der Waals surface area contributed by atoms with Crippen LogP contribution >= 0.6 is 11.3 Å². The second kappa shape index (κ2) is 9.19. The highest BCUT2D eigenvalue weighted by Gasteiger charge is 2.22. The molecule has 0 aliphatic carbocycles. The monoisotopic (exact) mass is 363 g/mol. The van der Waals surface area contributed by atoms with Gasteiger partial charge in [0.1, 0.15) is 5.75 Å². The van der Waals surface area contributed by atoms with Crippen molar-refractivity contribution in [2.45, 2.75) is 13.0 Å². The number of amides is 1. The van der Waals surface area contributed by atoms with Gasteiger partial charge < -0.3 is 19.9 Å². The van der Waals surface area contributed by atoms with Gasteiger partial charge in [0, 0.05) is 19.2 Å². The van der Waals surface area contributed by atoms with E-state index in [2.05, 4.69) is 5.32 Å². The molecule has 7 heteroatoms. The SMILES string of the molecule is COCc1ccsc1C(=O)NCC(Cc1ccccc1OC)C(=O)O. The van der Waals surface area contributed by atoms with Gasteiger partial charge in [-0.2, -0.15) is 0 Å². The Kier molecular flexibility index (Phi) is 6.97. The molecule has 6 nitrogen and oxygen atoms in total. The van der Waals surface area contributed by atoms with Gasteiger partial charge in [0.25, 0.3) is 5.91 Å². The van der Waals surface area contributed by atoms with Crippen LogP contribution in [-0.2, 0) is 22.6 Å². The van der Waals surface area contributed by atoms with Crippen LogP contribution in [0.4, 0.5) is 0 Å². The van der Waals surface area contributed by atoms with E-state index in [0.717, 1.165) is 11.1 Å². The highest BCUT2D eigenvalue weighted by Crippen LogP contribution is 2.21. The molecule has 25 heavy (non-hydrogen) atoms. The highest BCUT2D eigenvalue weighted by molar-refractivity contribution is 7.12. The summed E-state index contributed by atoms with van der Waals surface area (Å²) in [6.45, 7) is 0.381. The maximum absolute atomic E-state index is 12.3. The Morgan fingerprint density at radius 1 is 1.20 bits per heavy atom. The van der Waals surface area contributed by atoms with E-state index in [9.17, 15) is 14.7 Å². The lowest BCUT2D eigenvalue weighted by Crippen LogP contribution is -2.34. The van der Waals surface area contributed by atoms with Gasteiger partial charge in [0.05, 0.1) is 24.5 Å². The van der Waals surface area contributed by atoms with Gasteiger partial charge >= 0.3 is 5.97 Å². The van der Waals surface area contributed by atoms with E-state index in [1.807, 2.05) is 29.6 Å². The molecule has 0 saturated carbocycles. The molecule has 1 aromatic heterocycles. The Morgan fingerprint density at radius 3 is 2.64 bits per heavy atom. The average molecular weight is 363 g/mol. The number of methoxy groups -OCH3 is 2. The lowest BCUT2D eigenvalue weighted by atomic mass is 9.98. The maximum atomic E-state index is 12.3. The fraction of sp³-hybridized carbons (Fsp3) is 0.333. The number of aliphatic carboxylic acids is 1. The molecule has 0 saturated heterocycles. The number of carboxylic acid groups (broad SMARTS) is 1. The van der Waals surface area contributed by atoms with Crippen LogP contribution in [0, 0.1) is 5.92 Å². The Bertz CT molecular complexity index is 728. The largest absolute Gasteiger partial charge is 0.496 e. The number of benzene rings is 1. The molecule has 2 N–H and O–H groups in total. The summed E-state index contributed by atoms with van der Waals surface area (Å²) < 4.78 is 10.3. The third kappa shape index (κ3) is 5.04. The van der Waals surface area contributed by atoms with Crippen LogP contribution in [-0.4, -0.2) is 37.7 Å². The molecule has 0 spiro atoms. The van der Waals surface area contributed by atoms with Gasteiger partial charge in [-0.1, -0.05) is 18.2 Å². The third-order valence-corrected chi connectivity index (χ3v) is 4.73. The van der Waals surface area contributed by atoms with E-state index in [0.29, 0.717) is 17.2 Å². The van der Waals surface area contributed by atoms with Crippen LogP contribution in [0.1, 0.15) is 20.8 Å². The predicted molar refractivity (Wildman–Crippen MR) is 95.2 cm³/mol. The van der Waals surface area contributed by atoms with E-state index >= 15 is 0 Å². The van der Waals surface area contributed by atoms with E-state index in [4.69, 9.17) is 9.47 Å². The molecule has 1 heterocycles. The Morgan fingerprint density at radius 2 is 1.96 bits per heavy atom. The van der Waals surface area contributed by atoms with Crippen molar-refractivity contribution in [1.82, 2.24) is 5.32 Å². The van der Waals surface area contributed by atoms with E-state index in [1.54, 1.807) is 20.3 Å². The predicted octanol–water partition coefficient (Wildman–Crippen LogP) is 2.58. The summed E-state index contributed by atoms with van der Waals surface area (Å²) in [7, 11) is 3.11. The number of hydrogen-bond acceptors (Lipinski definition) is 5. The van der Waals surface area contributed by atoms with Crippen molar-refractivity contribution in [3.8, 4) is 5.75 Å². The fourth-order valence-corrected chi connectivity index (χ4v) is 3.31. The zero-order valence-corrected chi connectivity index (χ0v) is 15.0. The van der Waals surface area contributed by atoms with Crippen molar-refractivity contribution in [3.05, 3.63) is 51.7 Å². The lowest BCUT2D eigenvalue weighted by Gasteiger charge is -2.15. The van der Waals surface area contributed by atoms with Crippen LogP contribution in [0.15, 0.2) is 35.7 Å². The average Bonchev–Trinajstić information content (AvgIpc) is 3.07. The second-order valence-corrected chi connectivity index (χ2v) is 6.39. The number of rotatable bonds is 9. The third-order valence-electron chi connectivity index (χ3n) is 3.77. The molecule has 0 bridgehead atoms. The summed E-state index contributed by atoms with van der Waals surface area (Å²) in [6.07, 6.45) is 0.273. The molecular weight excluding hydrogens is 342 g/mol. The van der Waals surface area contributed by atoms with Crippen molar-refractivity contribution in [2.24, 2.45) is 5.92 Å². The molecule has 0 aliphatic heterocycles. The number of nitrogens with one attached hydrogen (secondary N) is 1. The number of ether oxygens (including phenoxy) is 2. The standard InChI is InChI=1S/C18H21NO5S/c1-23-11-13-7-8-25-16(13)17(20)19-10-14(18(21)22)9-12-5-3-4-6-15(12)24-2/h3-8,14H,9-11H2,1-2H3,(H,19,20)(H,21,22). The molecule has 0 aliphatic rings. The first kappa shape index (κ1) is 19.0. The number of thiophene rings is 1. The number of carbonyl (C=O) groups is 2. The molecule has 1 aromatic carbocycles. The van der Waals surface area contributed by atoms with Crippen molar-refractivity contribution in [3.63, 3.8) is 0 Å². The van der Waals surface area contributed by atoms with Gasteiger partial charge in [0.2, 0.25) is 0 Å². The van der Waals surface area contributed by atoms with Crippen LogP contribution < -0.4 is 10.1 Å². The van der Waals surface area contributed by atoms with Crippen LogP contribution in [0.5, 0.6) is 5.75 Å². The molecule has 134 valence electrons. The fourth-order valence-electron chi connectivity index (χ4n) is 2.48. The highest BCUT2D eigenvalue weighted by atomic mass is 32.1. The number of para-hydroxylation sites is 1. The number of hydrogen-bond donors (Lipinski definition) is 2. The second-order valence-electron chi connectivity index (χ2n) is 5.47. The summed E-state index contributed by atoms with van der Waals surface area (Å²) in [6, 6.07) is 9.10. The zero-order chi connectivity index (χ0) is 18.2. The van der Waals surface area contributed by atoms with Crippen LogP contribution in [0.25, 0.3) is 0 Å². The smallest absolute Gasteiger partial charge is 0.308 e. The molecule has 0 radical (unpaired) electrons. The summed E-state index contributed by atoms with van der Waals surface area (Å²) in [5.41, 5.74) is 1.59. The first-order valence-corrected chi connectivity index (χ1v) is 8.63. The van der Waals surface area contributed by atoms with Crippen molar-refractivity contribution < 1.29 is 24.2 Å². The minimum absolute atomic E-state index is 0.0382. The van der Waals surface area contributed by atoms with E-state index < -0.39 is 11.9 Å². The summed E-state index contributed by atoms with van der Waals surface area (Å²) in [5.74, 6) is -1.35. The van der Waals surface area contributed by atoms with E-state index in [1.165, 1.54) is 11.3 Å². The summed E-state index contributed by atoms with van der Waals surface area (Å²) in [4.78, 5) is 24.4. The van der Waals surface area contributed by atoms with Crippen molar-refractivity contribution >= 4 is 23.2 Å². The normalized spacial score (nSPS) is 11.8. The zero-order valence-electron chi connectivity index (χ0n) is 14.2. The van der Waals surface area contributed by atoms with Gasteiger partial charge in [-0.15, -0.1) is 11.3 Å². The molecular formula is C18H21NO5S. The molecule has 1 unspecified atom stereocenters. The molecule has 1 amide bonds. The quantitative estimate of drug-likeness (QED) is 0.715. The van der Waals surface area contributed by atoms with Crippen LogP contribution in [0.2, 0.25) is 0 Å². The first-order chi connectivity index (χ1) is 12.1. The Hall–Kier alpha value is -2.38. The lowest BCUT2D eigenvalue weighted by molar-refractivity contribution is -0.141. The van der Waals surface area contributed by atoms with Crippen molar-refractivity contribution in [2.75, 3.05) is 20.8 Å². The van der Waals surface area contributed by atoms with Crippen LogP contribution in [0.3, 0.4) is 0 Å². The maximum Gasteiger partial charge on any atom is 0.308 e. The summed E-state index contributed by atoms with van der Waals surface area (Å²) >= 11 is 1.31. The summed E-state index contributed by atoms with van der Waals surface area (Å²) in [5, 5.41) is 14.0. The van der Waals surface area contributed by atoms with Gasteiger partial charge in [-0.05, 0) is 29.5 Å². The van der Waals surface area contributed by atoms with Gasteiger partial charge in [0.15, 0.2) is 0 Å². The number of carbonyl (C=O) groups excluding carboxylic acids is 1. The molecule has 1 atom stereocenters. The Labute approximate surface area is 150 Å². The van der Waals surface area contributed by atoms with E-state index in [-0.39, 0.29) is 18.9 Å². The first-order valence-electron chi connectivity index (χ1n) is 7.75.